The fraction of sp³-hybridized carbons (Fsp3) is 0.250. The van der Waals surface area contributed by atoms with Crippen LogP contribution < -0.4 is 16.0 Å². The first-order valence-electron chi connectivity index (χ1n) is 6.94. The number of nitrogens with one attached hydrogen (secondary N) is 3. The number of amides is 2. The quantitative estimate of drug-likeness (QED) is 0.300. The van der Waals surface area contributed by atoms with Crippen LogP contribution in [-0.2, 0) is 9.59 Å². The fourth-order valence-corrected chi connectivity index (χ4v) is 1.62. The van der Waals surface area contributed by atoms with Gasteiger partial charge < -0.3 is 16.0 Å². The lowest BCUT2D eigenvalue weighted by atomic mass is 10.1. The van der Waals surface area contributed by atoms with E-state index in [0.29, 0.717) is 24.3 Å². The SMILES string of the molecule is CC(=O)NCCN/C=C(/C#N)C(=O)Nc1ccc(C(C)=O)cc1. The van der Waals surface area contributed by atoms with Crippen molar-refractivity contribution in [2.45, 2.75) is 13.8 Å². The van der Waals surface area contributed by atoms with Gasteiger partial charge >= 0.3 is 0 Å². The van der Waals surface area contributed by atoms with E-state index in [9.17, 15) is 14.4 Å². The van der Waals surface area contributed by atoms with Gasteiger partial charge in [0.25, 0.3) is 5.91 Å². The number of rotatable bonds is 7. The number of anilines is 1. The highest BCUT2D eigenvalue weighted by Gasteiger charge is 2.09. The van der Waals surface area contributed by atoms with Gasteiger partial charge in [-0.2, -0.15) is 5.26 Å². The number of hydrogen-bond donors (Lipinski definition) is 3. The minimum atomic E-state index is -0.560. The summed E-state index contributed by atoms with van der Waals surface area (Å²) in [6, 6.07) is 8.17. The predicted octanol–water partition coefficient (Wildman–Crippen LogP) is 0.961. The summed E-state index contributed by atoms with van der Waals surface area (Å²) in [5, 5.41) is 16.9. The Kier molecular flexibility index (Phi) is 7.01. The van der Waals surface area contributed by atoms with Crippen molar-refractivity contribution in [2.24, 2.45) is 0 Å². The van der Waals surface area contributed by atoms with Crippen molar-refractivity contribution in [3.05, 3.63) is 41.6 Å². The second-order valence-corrected chi connectivity index (χ2v) is 4.69. The number of benzene rings is 1. The van der Waals surface area contributed by atoms with Gasteiger partial charge in [-0.15, -0.1) is 0 Å². The molecule has 7 heteroatoms. The van der Waals surface area contributed by atoms with E-state index < -0.39 is 5.91 Å². The Morgan fingerprint density at radius 3 is 2.30 bits per heavy atom. The molecule has 0 unspecified atom stereocenters. The van der Waals surface area contributed by atoms with Crippen molar-refractivity contribution >= 4 is 23.3 Å². The molecule has 0 atom stereocenters. The van der Waals surface area contributed by atoms with Crippen LogP contribution in [0.4, 0.5) is 5.69 Å². The number of nitriles is 1. The van der Waals surface area contributed by atoms with E-state index in [1.165, 1.54) is 20.0 Å². The van der Waals surface area contributed by atoms with Crippen molar-refractivity contribution in [3.8, 4) is 6.07 Å². The lowest BCUT2D eigenvalue weighted by Crippen LogP contribution is -2.28. The topological polar surface area (TPSA) is 111 Å². The molecular weight excluding hydrogens is 296 g/mol. The molecule has 0 saturated heterocycles. The zero-order chi connectivity index (χ0) is 17.2. The van der Waals surface area contributed by atoms with Gasteiger partial charge in [-0.1, -0.05) is 0 Å². The van der Waals surface area contributed by atoms with Crippen LogP contribution in [0.1, 0.15) is 24.2 Å². The zero-order valence-electron chi connectivity index (χ0n) is 13.0. The third-order valence-corrected chi connectivity index (χ3v) is 2.80. The van der Waals surface area contributed by atoms with Gasteiger partial charge in [0.15, 0.2) is 5.78 Å². The van der Waals surface area contributed by atoms with Crippen LogP contribution >= 0.6 is 0 Å². The fourth-order valence-electron chi connectivity index (χ4n) is 1.62. The molecule has 1 aromatic rings. The first-order valence-corrected chi connectivity index (χ1v) is 6.94. The summed E-state index contributed by atoms with van der Waals surface area (Å²) in [7, 11) is 0. The Morgan fingerprint density at radius 1 is 1.13 bits per heavy atom. The van der Waals surface area contributed by atoms with Gasteiger partial charge in [0, 0.05) is 37.5 Å². The van der Waals surface area contributed by atoms with E-state index in [1.807, 2.05) is 0 Å². The molecule has 1 aromatic carbocycles. The van der Waals surface area contributed by atoms with Crippen molar-refractivity contribution < 1.29 is 14.4 Å². The lowest BCUT2D eigenvalue weighted by molar-refractivity contribution is -0.119. The molecule has 0 heterocycles. The number of ketones is 1. The summed E-state index contributed by atoms with van der Waals surface area (Å²) in [5.74, 6) is -0.776. The average molecular weight is 314 g/mol. The molecule has 0 aromatic heterocycles. The number of hydrogen-bond acceptors (Lipinski definition) is 5. The monoisotopic (exact) mass is 314 g/mol. The summed E-state index contributed by atoms with van der Waals surface area (Å²) in [4.78, 5) is 33.8. The summed E-state index contributed by atoms with van der Waals surface area (Å²) in [6.07, 6.45) is 1.29. The zero-order valence-corrected chi connectivity index (χ0v) is 13.0. The minimum absolute atomic E-state index is 0.0659. The van der Waals surface area contributed by atoms with Gasteiger partial charge in [-0.25, -0.2) is 0 Å². The molecule has 0 aliphatic carbocycles. The van der Waals surface area contributed by atoms with Crippen LogP contribution in [-0.4, -0.2) is 30.7 Å². The molecule has 0 aliphatic heterocycles. The van der Waals surface area contributed by atoms with Gasteiger partial charge in [-0.05, 0) is 31.2 Å². The molecular formula is C16H18N4O3. The number of Topliss-reactive ketones (excluding diaryl/α,β-unsaturated/α-hetero) is 1. The van der Waals surface area contributed by atoms with E-state index in [2.05, 4.69) is 16.0 Å². The second kappa shape index (κ2) is 9.00. The Labute approximate surface area is 134 Å². The number of nitrogens with zero attached hydrogens (tertiary/aromatic N) is 1. The van der Waals surface area contributed by atoms with E-state index in [-0.39, 0.29) is 17.3 Å². The molecule has 0 radical (unpaired) electrons. The van der Waals surface area contributed by atoms with Crippen molar-refractivity contribution in [3.63, 3.8) is 0 Å². The van der Waals surface area contributed by atoms with Crippen LogP contribution in [0.5, 0.6) is 0 Å². The van der Waals surface area contributed by atoms with E-state index in [1.54, 1.807) is 30.3 Å². The summed E-state index contributed by atoms with van der Waals surface area (Å²) in [5.41, 5.74) is 0.932. The Morgan fingerprint density at radius 2 is 1.78 bits per heavy atom. The molecule has 0 bridgehead atoms. The molecule has 23 heavy (non-hydrogen) atoms. The summed E-state index contributed by atoms with van der Waals surface area (Å²) in [6.45, 7) is 3.64. The average Bonchev–Trinajstić information content (AvgIpc) is 2.51. The molecule has 0 aliphatic rings. The first-order chi connectivity index (χ1) is 10.9. The molecule has 0 spiro atoms. The van der Waals surface area contributed by atoms with E-state index in [4.69, 9.17) is 5.26 Å². The second-order valence-electron chi connectivity index (χ2n) is 4.69. The summed E-state index contributed by atoms with van der Waals surface area (Å²) >= 11 is 0. The van der Waals surface area contributed by atoms with Gasteiger partial charge in [-0.3, -0.25) is 14.4 Å². The largest absolute Gasteiger partial charge is 0.388 e. The highest BCUT2D eigenvalue weighted by molar-refractivity contribution is 6.06. The molecule has 0 saturated carbocycles. The van der Waals surface area contributed by atoms with Crippen molar-refractivity contribution in [2.75, 3.05) is 18.4 Å². The molecule has 0 fully saturated rings. The Hall–Kier alpha value is -3.14. The van der Waals surface area contributed by atoms with Gasteiger partial charge in [0.05, 0.1) is 0 Å². The molecule has 2 amide bonds. The van der Waals surface area contributed by atoms with E-state index >= 15 is 0 Å². The highest BCUT2D eigenvalue weighted by atomic mass is 16.2. The smallest absolute Gasteiger partial charge is 0.267 e. The van der Waals surface area contributed by atoms with Gasteiger partial charge in [0.1, 0.15) is 11.6 Å². The first kappa shape index (κ1) is 17.9. The molecule has 7 nitrogen and oxygen atoms in total. The minimum Gasteiger partial charge on any atom is -0.388 e. The van der Waals surface area contributed by atoms with Crippen molar-refractivity contribution in [1.29, 1.82) is 5.26 Å². The van der Waals surface area contributed by atoms with Crippen molar-refractivity contribution in [1.82, 2.24) is 10.6 Å². The standard InChI is InChI=1S/C16H18N4O3/c1-11(21)13-3-5-15(6-4-13)20-16(23)14(9-17)10-18-7-8-19-12(2)22/h3-6,10,18H,7-8H2,1-2H3,(H,19,22)(H,20,23)/b14-10-. The Balaban J connectivity index is 2.57. The van der Waals surface area contributed by atoms with Gasteiger partial charge in [0.2, 0.25) is 5.91 Å². The lowest BCUT2D eigenvalue weighted by Gasteiger charge is -2.06. The van der Waals surface area contributed by atoms with Crippen LogP contribution in [0.25, 0.3) is 0 Å². The maximum absolute atomic E-state index is 12.0. The van der Waals surface area contributed by atoms with Crippen LogP contribution in [0.3, 0.4) is 0 Å². The normalized spacial score (nSPS) is 10.4. The third-order valence-electron chi connectivity index (χ3n) is 2.80. The van der Waals surface area contributed by atoms with E-state index in [0.717, 1.165) is 0 Å². The highest BCUT2D eigenvalue weighted by Crippen LogP contribution is 2.11. The Bertz CT molecular complexity index is 657. The number of carbonyl (C=O) groups is 3. The predicted molar refractivity (Wildman–Crippen MR) is 85.5 cm³/mol. The molecule has 120 valence electrons. The van der Waals surface area contributed by atoms with Crippen LogP contribution in [0, 0.1) is 11.3 Å². The number of carbonyl (C=O) groups excluding carboxylic acids is 3. The third kappa shape index (κ3) is 6.44. The maximum atomic E-state index is 12.0. The molecule has 3 N–H and O–H groups in total. The summed E-state index contributed by atoms with van der Waals surface area (Å²) < 4.78 is 0. The maximum Gasteiger partial charge on any atom is 0.267 e. The molecule has 1 rings (SSSR count). The van der Waals surface area contributed by atoms with Crippen LogP contribution in [0.2, 0.25) is 0 Å². The van der Waals surface area contributed by atoms with Crippen LogP contribution in [0.15, 0.2) is 36.0 Å².